The van der Waals surface area contributed by atoms with Gasteiger partial charge < -0.3 is 16.0 Å². The van der Waals surface area contributed by atoms with Gasteiger partial charge in [0.15, 0.2) is 5.65 Å². The van der Waals surface area contributed by atoms with Gasteiger partial charge in [0, 0.05) is 29.4 Å². The van der Waals surface area contributed by atoms with E-state index in [4.69, 9.17) is 17.0 Å². The molecule has 3 N–H and O–H groups in total. The van der Waals surface area contributed by atoms with Gasteiger partial charge in [-0.15, -0.1) is 0 Å². The molecule has 0 spiro atoms. The molecule has 1 aliphatic rings. The summed E-state index contributed by atoms with van der Waals surface area (Å²) in [6.07, 6.45) is 2.03. The molecule has 0 atom stereocenters. The van der Waals surface area contributed by atoms with Crippen LogP contribution in [0.15, 0.2) is 71.2 Å². The lowest BCUT2D eigenvalue weighted by molar-refractivity contribution is -0.115. The van der Waals surface area contributed by atoms with Crippen molar-refractivity contribution in [3.8, 4) is 5.69 Å². The van der Waals surface area contributed by atoms with Crippen LogP contribution in [0.5, 0.6) is 0 Å². The standard InChI is InChI=1S/C23H18ClF3N6O/c1-29-11-14-10-13(2-7-17(14)28)20-22(34)33(16-5-3-15(24)4-6-16)21-18(31-20)8-9-19(32-21)30-12-23(25,26)27/h2-11,28-29H,12H2,1H3,(H,30,32)/b14-11-,28-17?. The Kier molecular flexibility index (Phi) is 6.25. The number of halogens is 4. The van der Waals surface area contributed by atoms with Crippen molar-refractivity contribution in [1.29, 1.82) is 5.41 Å². The maximum Gasteiger partial charge on any atom is 0.405 e. The van der Waals surface area contributed by atoms with Crippen LogP contribution in [0.4, 0.5) is 19.0 Å². The Hall–Kier alpha value is -3.92. The molecule has 2 heterocycles. The van der Waals surface area contributed by atoms with Crippen molar-refractivity contribution in [3.05, 3.63) is 87.5 Å². The van der Waals surface area contributed by atoms with E-state index in [9.17, 15) is 18.0 Å². The van der Waals surface area contributed by atoms with Gasteiger partial charge in [0.1, 0.15) is 23.6 Å². The SMILES string of the molecule is CN/C=C1/C=C(c2nc3ccc(NCC(F)(F)F)nc3n(-c3ccc(Cl)cc3)c2=O)C=CC1=N. The van der Waals surface area contributed by atoms with E-state index < -0.39 is 18.3 Å². The smallest absolute Gasteiger partial charge is 0.393 e. The number of pyridine rings is 1. The van der Waals surface area contributed by atoms with Gasteiger partial charge in [-0.3, -0.25) is 9.36 Å². The second-order valence-corrected chi connectivity index (χ2v) is 7.76. The number of anilines is 1. The number of aromatic nitrogens is 3. The zero-order chi connectivity index (χ0) is 24.5. The molecule has 0 saturated carbocycles. The fourth-order valence-electron chi connectivity index (χ4n) is 3.36. The molecule has 34 heavy (non-hydrogen) atoms. The lowest BCUT2D eigenvalue weighted by Gasteiger charge is -2.16. The minimum atomic E-state index is -4.43. The van der Waals surface area contributed by atoms with Crippen LogP contribution >= 0.6 is 11.6 Å². The molecule has 174 valence electrons. The van der Waals surface area contributed by atoms with Gasteiger partial charge in [-0.25, -0.2) is 9.97 Å². The van der Waals surface area contributed by atoms with Crippen LogP contribution in [-0.4, -0.2) is 40.0 Å². The number of alkyl halides is 3. The van der Waals surface area contributed by atoms with Gasteiger partial charge in [-0.05, 0) is 48.6 Å². The lowest BCUT2D eigenvalue weighted by atomic mass is 9.99. The topological polar surface area (TPSA) is 95.7 Å². The maximum absolute atomic E-state index is 13.6. The molecule has 7 nitrogen and oxygen atoms in total. The Bertz CT molecular complexity index is 1420. The number of hydrogen-bond acceptors (Lipinski definition) is 6. The highest BCUT2D eigenvalue weighted by Crippen LogP contribution is 2.24. The summed E-state index contributed by atoms with van der Waals surface area (Å²) in [6, 6.07) is 9.27. The molecule has 0 unspecified atom stereocenters. The summed E-state index contributed by atoms with van der Waals surface area (Å²) in [6.45, 7) is -1.27. The molecule has 0 fully saturated rings. The quantitative estimate of drug-likeness (QED) is 0.494. The highest BCUT2D eigenvalue weighted by atomic mass is 35.5. The van der Waals surface area contributed by atoms with Crippen LogP contribution < -0.4 is 16.2 Å². The van der Waals surface area contributed by atoms with Gasteiger partial charge >= 0.3 is 6.18 Å². The van der Waals surface area contributed by atoms with Gasteiger partial charge in [0.25, 0.3) is 5.56 Å². The molecule has 3 aromatic rings. The molecule has 11 heteroatoms. The van der Waals surface area contributed by atoms with E-state index in [2.05, 4.69) is 20.6 Å². The third kappa shape index (κ3) is 4.86. The van der Waals surface area contributed by atoms with E-state index in [-0.39, 0.29) is 22.9 Å². The predicted octanol–water partition coefficient (Wildman–Crippen LogP) is 4.48. The van der Waals surface area contributed by atoms with Crippen molar-refractivity contribution < 1.29 is 13.2 Å². The number of hydrogen-bond donors (Lipinski definition) is 3. The second kappa shape index (κ2) is 9.14. The van der Waals surface area contributed by atoms with E-state index >= 15 is 0 Å². The first-order chi connectivity index (χ1) is 16.2. The summed E-state index contributed by atoms with van der Waals surface area (Å²) >= 11 is 6.00. The molecule has 1 aromatic carbocycles. The first-order valence-electron chi connectivity index (χ1n) is 10.0. The van der Waals surface area contributed by atoms with Crippen LogP contribution in [0.25, 0.3) is 22.4 Å². The van der Waals surface area contributed by atoms with Crippen LogP contribution in [0.2, 0.25) is 5.02 Å². The highest BCUT2D eigenvalue weighted by molar-refractivity contribution is 6.30. The Labute approximate surface area is 196 Å². The minimum absolute atomic E-state index is 0.0500. The number of fused-ring (bicyclic) bond motifs is 1. The second-order valence-electron chi connectivity index (χ2n) is 7.32. The van der Waals surface area contributed by atoms with Gasteiger partial charge in [0.2, 0.25) is 0 Å². The van der Waals surface area contributed by atoms with E-state index in [1.54, 1.807) is 55.7 Å². The number of benzene rings is 1. The van der Waals surface area contributed by atoms with Crippen LogP contribution in [0.1, 0.15) is 5.69 Å². The summed E-state index contributed by atoms with van der Waals surface area (Å²) < 4.78 is 39.3. The number of nitrogens with zero attached hydrogens (tertiary/aromatic N) is 3. The van der Waals surface area contributed by atoms with Crippen LogP contribution in [-0.2, 0) is 0 Å². The average Bonchev–Trinajstić information content (AvgIpc) is 2.79. The zero-order valence-electron chi connectivity index (χ0n) is 17.7. The third-order valence-electron chi connectivity index (χ3n) is 4.88. The van der Waals surface area contributed by atoms with Gasteiger partial charge in [-0.1, -0.05) is 17.7 Å². The molecule has 2 aromatic heterocycles. The first kappa shape index (κ1) is 23.2. The summed E-state index contributed by atoms with van der Waals surface area (Å²) in [5.41, 5.74) is 1.69. The van der Waals surface area contributed by atoms with Crippen molar-refractivity contribution in [1.82, 2.24) is 19.9 Å². The summed E-state index contributed by atoms with van der Waals surface area (Å²) in [4.78, 5) is 22.3. The highest BCUT2D eigenvalue weighted by Gasteiger charge is 2.27. The van der Waals surface area contributed by atoms with E-state index in [0.717, 1.165) is 0 Å². The third-order valence-corrected chi connectivity index (χ3v) is 5.14. The molecule has 4 rings (SSSR count). The molecule has 0 aliphatic heterocycles. The van der Waals surface area contributed by atoms with E-state index in [0.29, 0.717) is 27.4 Å². The summed E-state index contributed by atoms with van der Waals surface area (Å²) in [5.74, 6) is -0.0500. The number of nitrogens with one attached hydrogen (secondary N) is 3. The van der Waals surface area contributed by atoms with Crippen molar-refractivity contribution in [2.24, 2.45) is 0 Å². The Morgan fingerprint density at radius 2 is 1.85 bits per heavy atom. The summed E-state index contributed by atoms with van der Waals surface area (Å²) in [7, 11) is 1.70. The largest absolute Gasteiger partial charge is 0.405 e. The van der Waals surface area contributed by atoms with E-state index in [1.165, 1.54) is 16.7 Å². The predicted molar refractivity (Wildman–Crippen MR) is 127 cm³/mol. The van der Waals surface area contributed by atoms with Crippen molar-refractivity contribution in [2.45, 2.75) is 6.18 Å². The normalized spacial score (nSPS) is 15.0. The van der Waals surface area contributed by atoms with Crippen molar-refractivity contribution >= 4 is 39.9 Å². The lowest BCUT2D eigenvalue weighted by Crippen LogP contribution is -2.26. The zero-order valence-corrected chi connectivity index (χ0v) is 18.5. The number of allylic oxidation sites excluding steroid dienone is 5. The molecule has 1 aliphatic carbocycles. The van der Waals surface area contributed by atoms with E-state index in [1.807, 2.05) is 0 Å². The Morgan fingerprint density at radius 3 is 2.53 bits per heavy atom. The molecular formula is C23H18ClF3N6O. The van der Waals surface area contributed by atoms with Crippen LogP contribution in [0, 0.1) is 5.41 Å². The summed E-state index contributed by atoms with van der Waals surface area (Å²) in [5, 5.41) is 13.6. The first-order valence-corrected chi connectivity index (χ1v) is 10.4. The molecule has 0 bridgehead atoms. The fourth-order valence-corrected chi connectivity index (χ4v) is 3.48. The Morgan fingerprint density at radius 1 is 1.12 bits per heavy atom. The molecular weight excluding hydrogens is 469 g/mol. The van der Waals surface area contributed by atoms with Crippen LogP contribution in [0.3, 0.4) is 0 Å². The average molecular weight is 487 g/mol. The minimum Gasteiger partial charge on any atom is -0.393 e. The maximum atomic E-state index is 13.6. The fraction of sp³-hybridized carbons (Fsp3) is 0.130. The molecule has 0 saturated heterocycles. The molecule has 0 radical (unpaired) electrons. The Balaban J connectivity index is 1.94. The molecule has 0 amide bonds. The van der Waals surface area contributed by atoms with Gasteiger partial charge in [-0.2, -0.15) is 13.2 Å². The van der Waals surface area contributed by atoms with Crippen molar-refractivity contribution in [3.63, 3.8) is 0 Å². The van der Waals surface area contributed by atoms with Crippen molar-refractivity contribution in [2.75, 3.05) is 18.9 Å². The number of rotatable bonds is 5. The monoisotopic (exact) mass is 486 g/mol. The van der Waals surface area contributed by atoms with Gasteiger partial charge in [0.05, 0.1) is 11.4 Å².